The fourth-order valence-electron chi connectivity index (χ4n) is 4.36. The van der Waals surface area contributed by atoms with Crippen LogP contribution < -0.4 is 12.4 Å². The summed E-state index contributed by atoms with van der Waals surface area (Å²) in [5.74, 6) is 0. The first kappa shape index (κ1) is 31.1. The van der Waals surface area contributed by atoms with Crippen molar-refractivity contribution in [2.24, 2.45) is 0 Å². The molecule has 0 rings (SSSR count). The van der Waals surface area contributed by atoms with Crippen LogP contribution in [-0.4, -0.2) is 37.6 Å². The van der Waals surface area contributed by atoms with Gasteiger partial charge in [0.2, 0.25) is 27.6 Å². The van der Waals surface area contributed by atoms with Gasteiger partial charge in [0.15, 0.2) is 0 Å². The molecule has 0 amide bonds. The molecule has 0 aromatic heterocycles. The Labute approximate surface area is 192 Å². The highest BCUT2D eigenvalue weighted by Crippen LogP contribution is 2.22. The van der Waals surface area contributed by atoms with Crippen LogP contribution in [-0.2, 0) is 0 Å². The molecule has 0 spiro atoms. The van der Waals surface area contributed by atoms with E-state index in [1.807, 2.05) is 0 Å². The molecule has 1 atom stereocenters. The van der Waals surface area contributed by atoms with Crippen molar-refractivity contribution in [2.75, 3.05) is 6.54 Å². The Balaban J connectivity index is 0. The van der Waals surface area contributed by atoms with Gasteiger partial charge in [-0.2, -0.15) is 0 Å². The quantitative estimate of drug-likeness (QED) is 0.198. The van der Waals surface area contributed by atoms with E-state index >= 15 is 0 Å². The van der Waals surface area contributed by atoms with E-state index in [1.54, 1.807) is 3.48 Å². The first-order chi connectivity index (χ1) is 12.8. The fraction of sp³-hybridized carbons (Fsp3) is 1.00. The van der Waals surface area contributed by atoms with Gasteiger partial charge in [-0.3, -0.25) is 0 Å². The molecule has 0 fully saturated rings. The molecular formula is C23H56ClNSi3. The highest BCUT2D eigenvalue weighted by molar-refractivity contribution is 6.78. The third kappa shape index (κ3) is 14.8. The maximum absolute atomic E-state index is 2.61. The van der Waals surface area contributed by atoms with E-state index < -0.39 is 17.2 Å². The smallest absolute Gasteiger partial charge is 0.242 e. The van der Waals surface area contributed by atoms with Crippen LogP contribution in [0, 0.1) is 0 Å². The largest absolute Gasteiger partial charge is 1.00 e. The van der Waals surface area contributed by atoms with Crippen LogP contribution in [0.1, 0.15) is 110 Å². The lowest BCUT2D eigenvalue weighted by Crippen LogP contribution is -3.00. The average molecular weight is 466 g/mol. The maximum atomic E-state index is 2.61. The summed E-state index contributed by atoms with van der Waals surface area (Å²) in [6, 6.07) is 0. The molecule has 1 unspecified atom stereocenters. The van der Waals surface area contributed by atoms with Crippen LogP contribution in [0.5, 0.6) is 0 Å². The second-order valence-electron chi connectivity index (χ2n) is 10.6. The minimum Gasteiger partial charge on any atom is -1.00 e. The summed E-state index contributed by atoms with van der Waals surface area (Å²) in [6.07, 6.45) is 23.6. The molecule has 0 aliphatic carbocycles. The molecule has 0 aliphatic rings. The van der Waals surface area contributed by atoms with E-state index in [2.05, 4.69) is 39.7 Å². The summed E-state index contributed by atoms with van der Waals surface area (Å²) in [4.78, 5) is 0. The van der Waals surface area contributed by atoms with Gasteiger partial charge in [0.25, 0.3) is 0 Å². The van der Waals surface area contributed by atoms with E-state index in [4.69, 9.17) is 0 Å². The summed E-state index contributed by atoms with van der Waals surface area (Å²) < 4.78 is 1.62. The average Bonchev–Trinajstić information content (AvgIpc) is 2.60. The molecule has 28 heavy (non-hydrogen) atoms. The number of rotatable bonds is 19. The van der Waals surface area contributed by atoms with Crippen LogP contribution in [0.4, 0.5) is 0 Å². The third-order valence-electron chi connectivity index (χ3n) is 7.15. The van der Waals surface area contributed by atoms with Crippen LogP contribution >= 0.6 is 0 Å². The van der Waals surface area contributed by atoms with Crippen molar-refractivity contribution in [1.29, 1.82) is 0 Å². The van der Waals surface area contributed by atoms with Crippen molar-refractivity contribution in [3.8, 4) is 0 Å². The number of quaternary nitrogens is 1. The Kier molecular flexibility index (Phi) is 20.7. The Morgan fingerprint density at radius 1 is 0.607 bits per heavy atom. The van der Waals surface area contributed by atoms with Gasteiger partial charge in [-0.15, -0.1) is 0 Å². The number of unbranched alkanes of at least 4 members (excludes halogenated alkanes) is 15. The second kappa shape index (κ2) is 18.7. The van der Waals surface area contributed by atoms with Gasteiger partial charge in [0.05, 0.1) is 0 Å². The SMILES string of the molecule is CCCCCCCCCCCCCCCCCC[N+]([SiH3])([SiH](C)C)[Si](C)(C)C.[Cl-]. The van der Waals surface area contributed by atoms with Gasteiger partial charge in [0, 0.05) is 6.54 Å². The Morgan fingerprint density at radius 2 is 0.893 bits per heavy atom. The van der Waals surface area contributed by atoms with Gasteiger partial charge < -0.3 is 15.9 Å². The second-order valence-corrected chi connectivity index (χ2v) is 23.3. The highest BCUT2D eigenvalue weighted by atomic mass is 35.5. The van der Waals surface area contributed by atoms with Crippen LogP contribution in [0.2, 0.25) is 32.7 Å². The lowest BCUT2D eigenvalue weighted by Gasteiger charge is -2.52. The summed E-state index contributed by atoms with van der Waals surface area (Å²) in [5.41, 5.74) is 0. The first-order valence-electron chi connectivity index (χ1n) is 12.6. The predicted molar refractivity (Wildman–Crippen MR) is 137 cm³/mol. The topological polar surface area (TPSA) is 0 Å². The summed E-state index contributed by atoms with van der Waals surface area (Å²) in [5, 5.41) is 0. The molecule has 0 saturated carbocycles. The number of hydrogen-bond donors (Lipinski definition) is 0. The first-order valence-corrected chi connectivity index (χ1v) is 19.8. The van der Waals surface area contributed by atoms with Crippen molar-refractivity contribution in [3.05, 3.63) is 0 Å². The highest BCUT2D eigenvalue weighted by Gasteiger charge is 2.39. The van der Waals surface area contributed by atoms with Crippen molar-refractivity contribution in [3.63, 3.8) is 0 Å². The molecule has 0 radical (unpaired) electrons. The van der Waals surface area contributed by atoms with Crippen LogP contribution in [0.15, 0.2) is 0 Å². The molecule has 172 valence electrons. The van der Waals surface area contributed by atoms with E-state index in [-0.39, 0.29) is 12.4 Å². The fourth-order valence-corrected chi connectivity index (χ4v) is 12.4. The zero-order valence-corrected chi connectivity index (χ0v) is 25.8. The lowest BCUT2D eigenvalue weighted by molar-refractivity contribution is -0.591. The van der Waals surface area contributed by atoms with Crippen molar-refractivity contribution >= 4 is 27.6 Å². The van der Waals surface area contributed by atoms with E-state index in [1.165, 1.54) is 120 Å². The molecule has 0 saturated heterocycles. The zero-order valence-electron chi connectivity index (χ0n) is 20.9. The maximum Gasteiger partial charge on any atom is 0.242 e. The molecule has 0 aromatic carbocycles. The van der Waals surface area contributed by atoms with Gasteiger partial charge in [-0.05, 0) is 45.6 Å². The monoisotopic (exact) mass is 465 g/mol. The Morgan fingerprint density at radius 3 is 1.14 bits per heavy atom. The van der Waals surface area contributed by atoms with Crippen molar-refractivity contribution in [1.82, 2.24) is 0 Å². The molecule has 5 heteroatoms. The molecular weight excluding hydrogens is 410 g/mol. The lowest BCUT2D eigenvalue weighted by atomic mass is 10.0. The zero-order chi connectivity index (χ0) is 20.6. The van der Waals surface area contributed by atoms with Gasteiger partial charge in [-0.25, -0.2) is 0 Å². The van der Waals surface area contributed by atoms with Crippen molar-refractivity contribution in [2.45, 2.75) is 142 Å². The molecule has 0 N–H and O–H groups in total. The van der Waals surface area contributed by atoms with Gasteiger partial charge in [-0.1, -0.05) is 96.8 Å². The van der Waals surface area contributed by atoms with Gasteiger partial charge in [0.1, 0.15) is 0 Å². The van der Waals surface area contributed by atoms with E-state index in [0.717, 1.165) is 0 Å². The number of hydrogen-bond acceptors (Lipinski definition) is 0. The standard InChI is InChI=1S/C23H56NSi3.ClH/c1-7-8-9-10-11-12-13-14-15-16-17-18-19-20-21-22-23-24(25,26(2)3)27(4,5)6;/h26H,7-23H2,1-6,25H3;1H/q+1;/p-1. The predicted octanol–water partition coefficient (Wildman–Crippen LogP) is 4.17. The molecule has 1 nitrogen and oxygen atoms in total. The number of nitrogens with zero attached hydrogens (tertiary/aromatic N) is 1. The van der Waals surface area contributed by atoms with Crippen LogP contribution in [0.3, 0.4) is 0 Å². The molecule has 0 bridgehead atoms. The Bertz CT molecular complexity index is 334. The summed E-state index contributed by atoms with van der Waals surface area (Å²) in [6.45, 7) is 16.8. The number of halogens is 1. The summed E-state index contributed by atoms with van der Waals surface area (Å²) >= 11 is 0. The minimum absolute atomic E-state index is 0. The normalized spacial score (nSPS) is 14.2. The van der Waals surface area contributed by atoms with E-state index in [9.17, 15) is 0 Å². The molecule has 0 aliphatic heterocycles. The third-order valence-corrected chi connectivity index (χ3v) is 24.4. The molecule has 0 aromatic rings. The summed E-state index contributed by atoms with van der Waals surface area (Å²) in [7, 11) is -0.187. The van der Waals surface area contributed by atoms with Gasteiger partial charge >= 0.3 is 0 Å². The van der Waals surface area contributed by atoms with Crippen molar-refractivity contribution < 1.29 is 15.9 Å². The van der Waals surface area contributed by atoms with Crippen LogP contribution in [0.25, 0.3) is 0 Å². The molecule has 0 heterocycles. The van der Waals surface area contributed by atoms with E-state index in [0.29, 0.717) is 0 Å². The minimum atomic E-state index is -1.02. The Hall–Kier alpha value is 0.901.